The zero-order valence-corrected chi connectivity index (χ0v) is 19.2. The molecular weight excluding hydrogens is 391 g/mol. The SMILES string of the molecule is Cn1nc(C[C@@H](Cl)B2OC3[C@@H]4C[C@H](C[C@]3(C)O2)C4(C)C)cc1C(=O)OC(C)(C)C. The van der Waals surface area contributed by atoms with Gasteiger partial charge >= 0.3 is 13.1 Å². The van der Waals surface area contributed by atoms with E-state index in [1.807, 2.05) is 20.8 Å². The fourth-order valence-corrected chi connectivity index (χ4v) is 5.61. The average Bonchev–Trinajstić information content (AvgIpc) is 3.12. The molecule has 1 saturated heterocycles. The summed E-state index contributed by atoms with van der Waals surface area (Å²) in [5.74, 6) is 0.824. The fraction of sp³-hybridized carbons (Fsp3) is 0.810. The van der Waals surface area contributed by atoms with Gasteiger partial charge in [-0.1, -0.05) is 13.8 Å². The second-order valence-electron chi connectivity index (χ2n) is 10.8. The number of carbonyl (C=O) groups excluding carboxylic acids is 1. The Morgan fingerprint density at radius 1 is 1.45 bits per heavy atom. The molecule has 0 N–H and O–H groups in total. The van der Waals surface area contributed by atoms with Gasteiger partial charge in [0, 0.05) is 13.5 Å². The Bertz CT molecular complexity index is 820. The molecule has 3 aliphatic carbocycles. The zero-order chi connectivity index (χ0) is 21.4. The minimum Gasteiger partial charge on any atom is -0.455 e. The van der Waals surface area contributed by atoms with E-state index in [0.717, 1.165) is 12.1 Å². The summed E-state index contributed by atoms with van der Waals surface area (Å²) in [4.78, 5) is 12.4. The fourth-order valence-electron chi connectivity index (χ4n) is 5.34. The third-order valence-electron chi connectivity index (χ3n) is 7.07. The zero-order valence-electron chi connectivity index (χ0n) is 18.5. The molecule has 4 fully saturated rings. The van der Waals surface area contributed by atoms with Crippen molar-refractivity contribution < 1.29 is 18.8 Å². The minimum absolute atomic E-state index is 0.0924. The van der Waals surface area contributed by atoms with Gasteiger partial charge in [0.25, 0.3) is 0 Å². The second-order valence-corrected chi connectivity index (χ2v) is 11.3. The normalized spacial score (nSPS) is 33.8. The van der Waals surface area contributed by atoms with E-state index in [1.54, 1.807) is 17.8 Å². The van der Waals surface area contributed by atoms with Crippen molar-refractivity contribution in [2.45, 2.75) is 83.4 Å². The standard InChI is InChI=1S/C21H32BClN2O4/c1-19(2,3)27-18(26)15-9-13(24-25(15)7)10-16(23)22-28-17-14-8-12(20(14,4)5)11-21(17,6)29-22/h9,12,14,16-17H,8,10-11H2,1-7H3/t12-,14+,16-,17?,21+/m1/s1. The first-order valence-corrected chi connectivity index (χ1v) is 11.0. The first-order chi connectivity index (χ1) is 13.3. The van der Waals surface area contributed by atoms with Gasteiger partial charge in [0.15, 0.2) is 0 Å². The number of aryl methyl sites for hydroxylation is 1. The van der Waals surface area contributed by atoms with E-state index in [9.17, 15) is 4.79 Å². The lowest BCUT2D eigenvalue weighted by Gasteiger charge is -2.63. The highest BCUT2D eigenvalue weighted by molar-refractivity contribution is 6.60. The third kappa shape index (κ3) is 3.64. The molecule has 3 saturated carbocycles. The quantitative estimate of drug-likeness (QED) is 0.419. The van der Waals surface area contributed by atoms with E-state index < -0.39 is 18.7 Å². The monoisotopic (exact) mass is 422 g/mol. The summed E-state index contributed by atoms with van der Waals surface area (Å²) in [5.41, 5.74) is 0.642. The van der Waals surface area contributed by atoms with E-state index >= 15 is 0 Å². The van der Waals surface area contributed by atoms with Crippen molar-refractivity contribution in [3.63, 3.8) is 0 Å². The van der Waals surface area contributed by atoms with Gasteiger partial charge in [-0.3, -0.25) is 4.68 Å². The van der Waals surface area contributed by atoms with Crippen molar-refractivity contribution in [3.05, 3.63) is 17.5 Å². The molecule has 0 spiro atoms. The Labute approximate surface area is 178 Å². The molecule has 0 radical (unpaired) electrons. The Morgan fingerprint density at radius 3 is 2.76 bits per heavy atom. The van der Waals surface area contributed by atoms with Crippen LogP contribution in [0.3, 0.4) is 0 Å². The molecule has 160 valence electrons. The number of nitrogens with zero attached hydrogens (tertiary/aromatic N) is 2. The molecule has 8 heteroatoms. The van der Waals surface area contributed by atoms with Crippen LogP contribution in [0, 0.1) is 17.3 Å². The van der Waals surface area contributed by atoms with Crippen molar-refractivity contribution in [1.29, 1.82) is 0 Å². The van der Waals surface area contributed by atoms with Gasteiger partial charge in [0.1, 0.15) is 11.3 Å². The maximum absolute atomic E-state index is 12.4. The topological polar surface area (TPSA) is 62.6 Å². The number of hydrogen-bond acceptors (Lipinski definition) is 5. The summed E-state index contributed by atoms with van der Waals surface area (Å²) in [6.45, 7) is 12.4. The van der Waals surface area contributed by atoms with Crippen LogP contribution in [-0.4, -0.2) is 45.5 Å². The molecule has 0 aromatic carbocycles. The summed E-state index contributed by atoms with van der Waals surface area (Å²) < 4.78 is 19.7. The highest BCUT2D eigenvalue weighted by Gasteiger charge is 2.67. The van der Waals surface area contributed by atoms with Gasteiger partial charge in [-0.05, 0) is 63.9 Å². The number of aromatic nitrogens is 2. The minimum atomic E-state index is -0.553. The van der Waals surface area contributed by atoms with Crippen molar-refractivity contribution >= 4 is 24.7 Å². The maximum Gasteiger partial charge on any atom is 0.477 e. The summed E-state index contributed by atoms with van der Waals surface area (Å²) >= 11 is 6.71. The Hall–Kier alpha value is -1.05. The van der Waals surface area contributed by atoms with Gasteiger partial charge in [-0.2, -0.15) is 5.10 Å². The smallest absolute Gasteiger partial charge is 0.455 e. The summed E-state index contributed by atoms with van der Waals surface area (Å²) in [6.07, 6.45) is 2.79. The molecule has 0 amide bonds. The number of rotatable bonds is 4. The van der Waals surface area contributed by atoms with E-state index in [0.29, 0.717) is 29.4 Å². The molecule has 6 nitrogen and oxygen atoms in total. The Balaban J connectivity index is 1.43. The predicted octanol–water partition coefficient (Wildman–Crippen LogP) is 3.79. The molecule has 29 heavy (non-hydrogen) atoms. The van der Waals surface area contributed by atoms with E-state index in [1.165, 1.54) is 6.42 Å². The molecule has 2 bridgehead atoms. The van der Waals surface area contributed by atoms with Crippen LogP contribution in [-0.2, 0) is 27.5 Å². The van der Waals surface area contributed by atoms with Crippen LogP contribution >= 0.6 is 11.6 Å². The highest BCUT2D eigenvalue weighted by atomic mass is 35.5. The largest absolute Gasteiger partial charge is 0.477 e. The Kier molecular flexibility index (Phi) is 4.92. The summed E-state index contributed by atoms with van der Waals surface area (Å²) in [7, 11) is 1.27. The lowest BCUT2D eigenvalue weighted by Crippen LogP contribution is -2.63. The lowest BCUT2D eigenvalue weighted by atomic mass is 9.45. The summed E-state index contributed by atoms with van der Waals surface area (Å²) in [6, 6.07) is 1.74. The van der Waals surface area contributed by atoms with Crippen LogP contribution < -0.4 is 0 Å². The van der Waals surface area contributed by atoms with Gasteiger partial charge in [0.05, 0.1) is 22.7 Å². The first-order valence-electron chi connectivity index (χ1n) is 10.5. The van der Waals surface area contributed by atoms with Gasteiger partial charge in [0.2, 0.25) is 0 Å². The molecule has 2 heterocycles. The number of carbonyl (C=O) groups is 1. The second kappa shape index (κ2) is 6.73. The van der Waals surface area contributed by atoms with Crippen molar-refractivity contribution in [3.8, 4) is 0 Å². The number of halogens is 1. The first kappa shape index (κ1) is 21.2. The van der Waals surface area contributed by atoms with Crippen LogP contribution in [0.15, 0.2) is 6.07 Å². The van der Waals surface area contributed by atoms with Crippen LogP contribution in [0.5, 0.6) is 0 Å². The predicted molar refractivity (Wildman–Crippen MR) is 112 cm³/mol. The summed E-state index contributed by atoms with van der Waals surface area (Å²) in [5, 5.41) is 4.07. The molecule has 1 aromatic rings. The highest BCUT2D eigenvalue weighted by Crippen LogP contribution is 2.64. The molecule has 1 aromatic heterocycles. The van der Waals surface area contributed by atoms with Crippen LogP contribution in [0.4, 0.5) is 0 Å². The molecular formula is C21H32BClN2O4. The van der Waals surface area contributed by atoms with Gasteiger partial charge in [-0.25, -0.2) is 4.79 Å². The van der Waals surface area contributed by atoms with E-state index in [2.05, 4.69) is 25.9 Å². The van der Waals surface area contributed by atoms with Crippen molar-refractivity contribution in [2.24, 2.45) is 24.3 Å². The van der Waals surface area contributed by atoms with Crippen LogP contribution in [0.1, 0.15) is 70.6 Å². The lowest BCUT2D eigenvalue weighted by molar-refractivity contribution is -0.185. The van der Waals surface area contributed by atoms with E-state index in [4.69, 9.17) is 25.6 Å². The Morgan fingerprint density at radius 2 is 2.14 bits per heavy atom. The van der Waals surface area contributed by atoms with Crippen LogP contribution in [0.2, 0.25) is 0 Å². The molecule has 1 aliphatic heterocycles. The number of ether oxygens (including phenoxy) is 1. The molecule has 1 unspecified atom stereocenters. The molecule has 5 atom stereocenters. The maximum atomic E-state index is 12.4. The number of esters is 1. The van der Waals surface area contributed by atoms with E-state index in [-0.39, 0.29) is 17.0 Å². The average molecular weight is 423 g/mol. The third-order valence-corrected chi connectivity index (χ3v) is 7.43. The molecule has 4 aliphatic rings. The van der Waals surface area contributed by atoms with Gasteiger partial charge < -0.3 is 14.0 Å². The van der Waals surface area contributed by atoms with Gasteiger partial charge in [-0.15, -0.1) is 11.6 Å². The van der Waals surface area contributed by atoms with Crippen molar-refractivity contribution in [1.82, 2.24) is 9.78 Å². The number of hydrogen-bond donors (Lipinski definition) is 0. The number of alkyl halides is 1. The van der Waals surface area contributed by atoms with Crippen molar-refractivity contribution in [2.75, 3.05) is 0 Å². The molecule has 5 rings (SSSR count). The van der Waals surface area contributed by atoms with Crippen LogP contribution in [0.25, 0.3) is 0 Å².